The second-order valence-corrected chi connectivity index (χ2v) is 4.80. The SMILES string of the molecule is CC(C)(C)NC(=O)CC1NCCNC1=O. The maximum Gasteiger partial charge on any atom is 0.237 e. The summed E-state index contributed by atoms with van der Waals surface area (Å²) in [7, 11) is 0. The van der Waals surface area contributed by atoms with Gasteiger partial charge in [-0.15, -0.1) is 0 Å². The molecular weight excluding hydrogens is 194 g/mol. The van der Waals surface area contributed by atoms with E-state index in [2.05, 4.69) is 16.0 Å². The summed E-state index contributed by atoms with van der Waals surface area (Å²) in [6.07, 6.45) is 0.198. The normalized spacial score (nSPS) is 22.1. The van der Waals surface area contributed by atoms with E-state index in [0.29, 0.717) is 6.54 Å². The van der Waals surface area contributed by atoms with Gasteiger partial charge in [0.25, 0.3) is 0 Å². The van der Waals surface area contributed by atoms with E-state index in [9.17, 15) is 9.59 Å². The lowest BCUT2D eigenvalue weighted by molar-refractivity contribution is -0.130. The monoisotopic (exact) mass is 213 g/mol. The molecule has 1 fully saturated rings. The molecule has 86 valence electrons. The van der Waals surface area contributed by atoms with Crippen LogP contribution in [0.15, 0.2) is 0 Å². The highest BCUT2D eigenvalue weighted by molar-refractivity contribution is 5.88. The van der Waals surface area contributed by atoms with Crippen LogP contribution in [-0.4, -0.2) is 36.5 Å². The van der Waals surface area contributed by atoms with E-state index in [4.69, 9.17) is 0 Å². The van der Waals surface area contributed by atoms with E-state index < -0.39 is 0 Å². The molecule has 15 heavy (non-hydrogen) atoms. The van der Waals surface area contributed by atoms with Gasteiger partial charge in [0.1, 0.15) is 0 Å². The van der Waals surface area contributed by atoms with E-state index in [-0.39, 0.29) is 29.8 Å². The Morgan fingerprint density at radius 2 is 2.13 bits per heavy atom. The fourth-order valence-corrected chi connectivity index (χ4v) is 1.47. The van der Waals surface area contributed by atoms with E-state index >= 15 is 0 Å². The second kappa shape index (κ2) is 4.61. The summed E-state index contributed by atoms with van der Waals surface area (Å²) in [6.45, 7) is 7.10. The quantitative estimate of drug-likeness (QED) is 0.572. The van der Waals surface area contributed by atoms with Gasteiger partial charge >= 0.3 is 0 Å². The zero-order valence-corrected chi connectivity index (χ0v) is 9.52. The first-order chi connectivity index (χ1) is 6.88. The summed E-state index contributed by atoms with van der Waals surface area (Å²) in [5, 5.41) is 8.56. The Kier molecular flexibility index (Phi) is 3.68. The van der Waals surface area contributed by atoms with Crippen LogP contribution < -0.4 is 16.0 Å². The number of carbonyl (C=O) groups is 2. The highest BCUT2D eigenvalue weighted by atomic mass is 16.2. The lowest BCUT2D eigenvalue weighted by Crippen LogP contribution is -2.55. The van der Waals surface area contributed by atoms with Crippen LogP contribution in [0.2, 0.25) is 0 Å². The molecule has 0 radical (unpaired) electrons. The van der Waals surface area contributed by atoms with E-state index in [1.807, 2.05) is 20.8 Å². The average molecular weight is 213 g/mol. The molecule has 0 aromatic carbocycles. The Labute approximate surface area is 90.0 Å². The molecule has 0 saturated carbocycles. The maximum absolute atomic E-state index is 11.5. The van der Waals surface area contributed by atoms with Crippen molar-refractivity contribution in [1.29, 1.82) is 0 Å². The third-order valence-corrected chi connectivity index (χ3v) is 2.04. The molecule has 5 heteroatoms. The fraction of sp³-hybridized carbons (Fsp3) is 0.800. The van der Waals surface area contributed by atoms with Gasteiger partial charge in [-0.2, -0.15) is 0 Å². The summed E-state index contributed by atoms with van der Waals surface area (Å²) < 4.78 is 0. The molecule has 0 aromatic rings. The molecule has 0 spiro atoms. The van der Waals surface area contributed by atoms with E-state index in [1.165, 1.54) is 0 Å². The Hall–Kier alpha value is -1.10. The predicted molar refractivity (Wildman–Crippen MR) is 57.3 cm³/mol. The number of piperazine rings is 1. The average Bonchev–Trinajstić information content (AvgIpc) is 2.05. The van der Waals surface area contributed by atoms with Crippen molar-refractivity contribution in [2.45, 2.75) is 38.8 Å². The van der Waals surface area contributed by atoms with Crippen LogP contribution in [0, 0.1) is 0 Å². The first-order valence-electron chi connectivity index (χ1n) is 5.20. The van der Waals surface area contributed by atoms with Gasteiger partial charge in [0.15, 0.2) is 0 Å². The number of amides is 2. The third-order valence-electron chi connectivity index (χ3n) is 2.04. The Balaban J connectivity index is 2.40. The molecule has 1 rings (SSSR count). The van der Waals surface area contributed by atoms with Crippen molar-refractivity contribution in [1.82, 2.24) is 16.0 Å². The van der Waals surface area contributed by atoms with Gasteiger partial charge in [0, 0.05) is 18.6 Å². The van der Waals surface area contributed by atoms with E-state index in [0.717, 1.165) is 6.54 Å². The number of hydrogen-bond donors (Lipinski definition) is 3. The summed E-state index contributed by atoms with van der Waals surface area (Å²) in [4.78, 5) is 22.9. The molecule has 1 unspecified atom stereocenters. The van der Waals surface area contributed by atoms with Gasteiger partial charge < -0.3 is 16.0 Å². The van der Waals surface area contributed by atoms with Gasteiger partial charge in [0.2, 0.25) is 11.8 Å². The smallest absolute Gasteiger partial charge is 0.237 e. The molecule has 3 N–H and O–H groups in total. The molecule has 1 atom stereocenters. The van der Waals surface area contributed by atoms with Crippen LogP contribution >= 0.6 is 0 Å². The van der Waals surface area contributed by atoms with Crippen molar-refractivity contribution in [3.8, 4) is 0 Å². The summed E-state index contributed by atoms with van der Waals surface area (Å²) in [6, 6.07) is -0.388. The standard InChI is InChI=1S/C10H19N3O2/c1-10(2,3)13-8(14)6-7-9(15)12-5-4-11-7/h7,11H,4-6H2,1-3H3,(H,12,15)(H,13,14). The molecule has 0 bridgehead atoms. The maximum atomic E-state index is 11.5. The summed E-state index contributed by atoms with van der Waals surface area (Å²) in [5.74, 6) is -0.192. The summed E-state index contributed by atoms with van der Waals surface area (Å²) in [5.41, 5.74) is -0.248. The zero-order valence-electron chi connectivity index (χ0n) is 9.52. The molecular formula is C10H19N3O2. The van der Waals surface area contributed by atoms with Crippen molar-refractivity contribution in [3.63, 3.8) is 0 Å². The number of nitrogens with one attached hydrogen (secondary N) is 3. The fourth-order valence-electron chi connectivity index (χ4n) is 1.47. The van der Waals surface area contributed by atoms with Crippen molar-refractivity contribution in [3.05, 3.63) is 0 Å². The van der Waals surface area contributed by atoms with Gasteiger partial charge in [-0.05, 0) is 20.8 Å². The van der Waals surface area contributed by atoms with Crippen molar-refractivity contribution >= 4 is 11.8 Å². The minimum Gasteiger partial charge on any atom is -0.353 e. The van der Waals surface area contributed by atoms with Crippen molar-refractivity contribution < 1.29 is 9.59 Å². The van der Waals surface area contributed by atoms with Crippen LogP contribution in [0.1, 0.15) is 27.2 Å². The Bertz CT molecular complexity index is 258. The molecule has 0 aromatic heterocycles. The van der Waals surface area contributed by atoms with E-state index in [1.54, 1.807) is 0 Å². The highest BCUT2D eigenvalue weighted by Gasteiger charge is 2.25. The van der Waals surface area contributed by atoms with Crippen LogP contribution in [0.5, 0.6) is 0 Å². The summed E-state index contributed by atoms with van der Waals surface area (Å²) >= 11 is 0. The number of carbonyl (C=O) groups excluding carboxylic acids is 2. The molecule has 2 amide bonds. The predicted octanol–water partition coefficient (Wildman–Crippen LogP) is -0.621. The van der Waals surface area contributed by atoms with Crippen LogP contribution in [0.4, 0.5) is 0 Å². The largest absolute Gasteiger partial charge is 0.353 e. The molecule has 1 aliphatic heterocycles. The first kappa shape index (κ1) is 12.0. The van der Waals surface area contributed by atoms with Gasteiger partial charge in [0.05, 0.1) is 12.5 Å². The Morgan fingerprint density at radius 3 is 2.67 bits per heavy atom. The minimum absolute atomic E-state index is 0.0923. The van der Waals surface area contributed by atoms with Crippen LogP contribution in [0.3, 0.4) is 0 Å². The molecule has 1 saturated heterocycles. The van der Waals surface area contributed by atoms with Crippen molar-refractivity contribution in [2.24, 2.45) is 0 Å². The molecule has 0 aliphatic carbocycles. The number of rotatable bonds is 2. The highest BCUT2D eigenvalue weighted by Crippen LogP contribution is 2.02. The lowest BCUT2D eigenvalue weighted by atomic mass is 10.1. The molecule has 1 heterocycles. The third kappa shape index (κ3) is 4.29. The molecule has 5 nitrogen and oxygen atoms in total. The minimum atomic E-state index is -0.388. The van der Waals surface area contributed by atoms with Gasteiger partial charge in [-0.1, -0.05) is 0 Å². The van der Waals surface area contributed by atoms with Crippen molar-refractivity contribution in [2.75, 3.05) is 13.1 Å². The van der Waals surface area contributed by atoms with Gasteiger partial charge in [-0.3, -0.25) is 9.59 Å². The van der Waals surface area contributed by atoms with Gasteiger partial charge in [-0.25, -0.2) is 0 Å². The van der Waals surface area contributed by atoms with Crippen LogP contribution in [-0.2, 0) is 9.59 Å². The lowest BCUT2D eigenvalue weighted by Gasteiger charge is -2.25. The van der Waals surface area contributed by atoms with Crippen LogP contribution in [0.25, 0.3) is 0 Å². The topological polar surface area (TPSA) is 70.2 Å². The number of hydrogen-bond acceptors (Lipinski definition) is 3. The second-order valence-electron chi connectivity index (χ2n) is 4.80. The molecule has 1 aliphatic rings. The first-order valence-corrected chi connectivity index (χ1v) is 5.20. The zero-order chi connectivity index (χ0) is 11.5. The Morgan fingerprint density at radius 1 is 1.47 bits per heavy atom.